The van der Waals surface area contributed by atoms with E-state index in [9.17, 15) is 4.79 Å². The number of benzene rings is 1. The highest BCUT2D eigenvalue weighted by Crippen LogP contribution is 2.28. The number of carbonyl (C=O) groups excluding carboxylic acids is 1. The molecule has 1 amide bonds. The largest absolute Gasteiger partial charge is 0.491 e. The van der Waals surface area contributed by atoms with Crippen molar-refractivity contribution in [3.05, 3.63) is 28.8 Å². The predicted octanol–water partition coefficient (Wildman–Crippen LogP) is 2.03. The molecule has 0 aromatic heterocycles. The van der Waals surface area contributed by atoms with Gasteiger partial charge in [0.2, 0.25) is 5.91 Å². The Morgan fingerprint density at radius 2 is 2.30 bits per heavy atom. The Morgan fingerprint density at radius 1 is 1.43 bits per heavy atom. The second kappa shape index (κ2) is 7.51. The highest BCUT2D eigenvalue weighted by molar-refractivity contribution is 6.30. The summed E-state index contributed by atoms with van der Waals surface area (Å²) >= 11 is 6.07. The molecule has 6 heteroatoms. The zero-order valence-electron chi connectivity index (χ0n) is 13.5. The van der Waals surface area contributed by atoms with Crippen molar-refractivity contribution in [2.45, 2.75) is 13.0 Å². The van der Waals surface area contributed by atoms with E-state index >= 15 is 0 Å². The van der Waals surface area contributed by atoms with E-state index in [1.165, 1.54) is 0 Å². The third-order valence-electron chi connectivity index (χ3n) is 4.55. The van der Waals surface area contributed by atoms with Crippen molar-refractivity contribution in [3.8, 4) is 5.75 Å². The average Bonchev–Trinajstić information content (AvgIpc) is 2.92. The van der Waals surface area contributed by atoms with Crippen LogP contribution in [-0.4, -0.2) is 62.2 Å². The van der Waals surface area contributed by atoms with Gasteiger partial charge in [0.25, 0.3) is 0 Å². The number of ether oxygens (including phenoxy) is 2. The van der Waals surface area contributed by atoms with Gasteiger partial charge in [0.15, 0.2) is 0 Å². The van der Waals surface area contributed by atoms with Gasteiger partial charge in [-0.2, -0.15) is 0 Å². The van der Waals surface area contributed by atoms with Gasteiger partial charge < -0.3 is 19.3 Å². The molecule has 0 N–H and O–H groups in total. The van der Waals surface area contributed by atoms with Crippen LogP contribution in [0.25, 0.3) is 0 Å². The van der Waals surface area contributed by atoms with Gasteiger partial charge in [0.1, 0.15) is 12.4 Å². The van der Waals surface area contributed by atoms with E-state index in [1.54, 1.807) is 7.11 Å². The van der Waals surface area contributed by atoms with Crippen molar-refractivity contribution in [3.63, 3.8) is 0 Å². The van der Waals surface area contributed by atoms with Gasteiger partial charge in [-0.1, -0.05) is 11.6 Å². The second-order valence-electron chi connectivity index (χ2n) is 6.14. The number of halogens is 1. The van der Waals surface area contributed by atoms with Gasteiger partial charge in [-0.15, -0.1) is 0 Å². The topological polar surface area (TPSA) is 42.0 Å². The predicted molar refractivity (Wildman–Crippen MR) is 88.8 cm³/mol. The monoisotopic (exact) mass is 338 g/mol. The standard InChI is InChI=1S/C17H23ClN2O3/c1-22-8-6-19-5-4-13(11-19)17(21)20-7-9-23-16-3-2-15(18)10-14(16)12-20/h2-3,10,13H,4-9,11-12H2,1H3. The van der Waals surface area contributed by atoms with Crippen LogP contribution in [0.4, 0.5) is 0 Å². The molecular formula is C17H23ClN2O3. The molecule has 0 spiro atoms. The Kier molecular flexibility index (Phi) is 5.41. The number of carbonyl (C=O) groups is 1. The van der Waals surface area contributed by atoms with Crippen molar-refractivity contribution in [1.82, 2.24) is 9.80 Å². The van der Waals surface area contributed by atoms with Gasteiger partial charge in [-0.3, -0.25) is 4.79 Å². The summed E-state index contributed by atoms with van der Waals surface area (Å²) in [5, 5.41) is 0.674. The molecular weight excluding hydrogens is 316 g/mol. The Bertz CT molecular complexity index is 567. The summed E-state index contributed by atoms with van der Waals surface area (Å²) in [5.41, 5.74) is 0.984. The van der Waals surface area contributed by atoms with Crippen LogP contribution in [0.2, 0.25) is 5.02 Å². The molecule has 0 saturated carbocycles. The number of likely N-dealkylation sites (tertiary alicyclic amines) is 1. The Balaban J connectivity index is 1.64. The van der Waals surface area contributed by atoms with Crippen molar-refractivity contribution < 1.29 is 14.3 Å². The summed E-state index contributed by atoms with van der Waals surface area (Å²) in [5.74, 6) is 1.13. The first-order chi connectivity index (χ1) is 11.2. The molecule has 1 atom stereocenters. The third kappa shape index (κ3) is 3.97. The lowest BCUT2D eigenvalue weighted by molar-refractivity contribution is -0.135. The summed E-state index contributed by atoms with van der Waals surface area (Å²) in [6, 6.07) is 5.60. The highest BCUT2D eigenvalue weighted by Gasteiger charge is 2.32. The minimum Gasteiger partial charge on any atom is -0.491 e. The molecule has 126 valence electrons. The van der Waals surface area contributed by atoms with E-state index in [4.69, 9.17) is 21.1 Å². The quantitative estimate of drug-likeness (QED) is 0.842. The van der Waals surface area contributed by atoms with E-state index < -0.39 is 0 Å². The number of hydrogen-bond acceptors (Lipinski definition) is 4. The minimum atomic E-state index is 0.0765. The molecule has 1 fully saturated rings. The maximum atomic E-state index is 12.8. The number of rotatable bonds is 4. The summed E-state index contributed by atoms with van der Waals surface area (Å²) in [6.07, 6.45) is 0.919. The molecule has 1 aromatic rings. The minimum absolute atomic E-state index is 0.0765. The summed E-state index contributed by atoms with van der Waals surface area (Å²) in [7, 11) is 1.71. The maximum absolute atomic E-state index is 12.8. The fraction of sp³-hybridized carbons (Fsp3) is 0.588. The molecule has 2 heterocycles. The first-order valence-electron chi connectivity index (χ1n) is 8.08. The molecule has 5 nitrogen and oxygen atoms in total. The fourth-order valence-corrected chi connectivity index (χ4v) is 3.46. The van der Waals surface area contributed by atoms with Crippen LogP contribution in [0.1, 0.15) is 12.0 Å². The van der Waals surface area contributed by atoms with Crippen molar-refractivity contribution in [2.75, 3.05) is 46.5 Å². The first kappa shape index (κ1) is 16.6. The van der Waals surface area contributed by atoms with E-state index in [0.717, 1.165) is 37.4 Å². The lowest BCUT2D eigenvalue weighted by Gasteiger charge is -2.23. The number of methoxy groups -OCH3 is 1. The maximum Gasteiger partial charge on any atom is 0.227 e. The lowest BCUT2D eigenvalue weighted by Crippen LogP contribution is -2.38. The number of hydrogen-bond donors (Lipinski definition) is 0. The van der Waals surface area contributed by atoms with Crippen LogP contribution in [0.15, 0.2) is 18.2 Å². The molecule has 0 aliphatic carbocycles. The molecule has 0 radical (unpaired) electrons. The Labute approximate surface area is 142 Å². The van der Waals surface area contributed by atoms with E-state index in [2.05, 4.69) is 4.90 Å². The second-order valence-corrected chi connectivity index (χ2v) is 6.58. The smallest absolute Gasteiger partial charge is 0.227 e. The zero-order valence-corrected chi connectivity index (χ0v) is 14.2. The molecule has 2 aliphatic heterocycles. The van der Waals surface area contributed by atoms with Gasteiger partial charge in [-0.05, 0) is 31.2 Å². The van der Waals surface area contributed by atoms with Crippen LogP contribution in [-0.2, 0) is 16.1 Å². The molecule has 23 heavy (non-hydrogen) atoms. The van der Waals surface area contributed by atoms with Crippen LogP contribution in [0.3, 0.4) is 0 Å². The number of nitrogens with zero attached hydrogens (tertiary/aromatic N) is 2. The molecule has 3 rings (SSSR count). The summed E-state index contributed by atoms with van der Waals surface area (Å²) < 4.78 is 10.9. The normalized spacial score (nSPS) is 21.7. The van der Waals surface area contributed by atoms with E-state index in [-0.39, 0.29) is 11.8 Å². The molecule has 1 saturated heterocycles. The highest BCUT2D eigenvalue weighted by atomic mass is 35.5. The molecule has 1 aromatic carbocycles. The molecule has 2 aliphatic rings. The van der Waals surface area contributed by atoms with Crippen LogP contribution in [0, 0.1) is 5.92 Å². The van der Waals surface area contributed by atoms with Gasteiger partial charge in [-0.25, -0.2) is 0 Å². The lowest BCUT2D eigenvalue weighted by atomic mass is 10.1. The zero-order chi connectivity index (χ0) is 16.2. The number of fused-ring (bicyclic) bond motifs is 1. The van der Waals surface area contributed by atoms with Gasteiger partial charge in [0, 0.05) is 37.3 Å². The Hall–Kier alpha value is -1.30. The third-order valence-corrected chi connectivity index (χ3v) is 4.78. The van der Waals surface area contributed by atoms with E-state index in [1.807, 2.05) is 23.1 Å². The molecule has 1 unspecified atom stereocenters. The van der Waals surface area contributed by atoms with Crippen LogP contribution < -0.4 is 4.74 Å². The van der Waals surface area contributed by atoms with Crippen LogP contribution in [0.5, 0.6) is 5.75 Å². The first-order valence-corrected chi connectivity index (χ1v) is 8.46. The van der Waals surface area contributed by atoms with Gasteiger partial charge in [0.05, 0.1) is 19.1 Å². The van der Waals surface area contributed by atoms with Crippen molar-refractivity contribution >= 4 is 17.5 Å². The SMILES string of the molecule is COCCN1CCC(C(=O)N2CCOc3ccc(Cl)cc3C2)C1. The fourth-order valence-electron chi connectivity index (χ4n) is 3.27. The Morgan fingerprint density at radius 3 is 3.13 bits per heavy atom. The van der Waals surface area contributed by atoms with E-state index in [0.29, 0.717) is 31.3 Å². The summed E-state index contributed by atoms with van der Waals surface area (Å²) in [4.78, 5) is 17.1. The van der Waals surface area contributed by atoms with Crippen molar-refractivity contribution in [2.24, 2.45) is 5.92 Å². The van der Waals surface area contributed by atoms with Gasteiger partial charge >= 0.3 is 0 Å². The number of amides is 1. The summed E-state index contributed by atoms with van der Waals surface area (Å²) in [6.45, 7) is 5.12. The molecule has 0 bridgehead atoms. The van der Waals surface area contributed by atoms with Crippen molar-refractivity contribution in [1.29, 1.82) is 0 Å². The van der Waals surface area contributed by atoms with Crippen LogP contribution >= 0.6 is 11.6 Å². The average molecular weight is 339 g/mol.